The van der Waals surface area contributed by atoms with Gasteiger partial charge in [-0.25, -0.2) is 0 Å². The summed E-state index contributed by atoms with van der Waals surface area (Å²) in [6.07, 6.45) is 6.05. The van der Waals surface area contributed by atoms with E-state index in [-0.39, 0.29) is 6.10 Å². The van der Waals surface area contributed by atoms with Crippen LogP contribution in [0.5, 0.6) is 0 Å². The van der Waals surface area contributed by atoms with Crippen LogP contribution in [0, 0.1) is 12.8 Å². The third-order valence-electron chi connectivity index (χ3n) is 3.48. The molecule has 0 aromatic heterocycles. The molecule has 1 aliphatic rings. The van der Waals surface area contributed by atoms with Crippen LogP contribution < -0.4 is 0 Å². The topological polar surface area (TPSA) is 20.2 Å². The third kappa shape index (κ3) is 2.60. The number of aliphatic hydroxyl groups excluding tert-OH is 1. The fourth-order valence-electron chi connectivity index (χ4n) is 2.58. The monoisotopic (exact) mass is 204 g/mol. The smallest absolute Gasteiger partial charge is 0.0818 e. The van der Waals surface area contributed by atoms with Crippen molar-refractivity contribution in [3.63, 3.8) is 0 Å². The second kappa shape index (κ2) is 4.80. The maximum absolute atomic E-state index is 10.3. The van der Waals surface area contributed by atoms with Crippen LogP contribution in [0.4, 0.5) is 0 Å². The summed E-state index contributed by atoms with van der Waals surface area (Å²) >= 11 is 0. The number of benzene rings is 1. The van der Waals surface area contributed by atoms with Gasteiger partial charge in [-0.3, -0.25) is 0 Å². The minimum Gasteiger partial charge on any atom is -0.388 e. The molecule has 15 heavy (non-hydrogen) atoms. The van der Waals surface area contributed by atoms with E-state index in [0.29, 0.717) is 5.92 Å². The lowest BCUT2D eigenvalue weighted by Gasteiger charge is -2.26. The number of hydrogen-bond donors (Lipinski definition) is 1. The van der Waals surface area contributed by atoms with Crippen molar-refractivity contribution in [3.8, 4) is 0 Å². The normalized spacial score (nSPS) is 20.1. The van der Waals surface area contributed by atoms with Crippen molar-refractivity contribution in [3.05, 3.63) is 35.4 Å². The van der Waals surface area contributed by atoms with Crippen LogP contribution in [-0.2, 0) is 0 Å². The van der Waals surface area contributed by atoms with Gasteiger partial charge in [-0.1, -0.05) is 49.1 Å². The Morgan fingerprint density at radius 1 is 1.20 bits per heavy atom. The maximum atomic E-state index is 10.3. The molecule has 1 saturated carbocycles. The summed E-state index contributed by atoms with van der Waals surface area (Å²) in [6, 6.07) is 8.28. The van der Waals surface area contributed by atoms with Crippen LogP contribution in [0.2, 0.25) is 0 Å². The molecule has 0 spiro atoms. The van der Waals surface area contributed by atoms with E-state index >= 15 is 0 Å². The molecule has 2 rings (SSSR count). The number of aliphatic hydroxyl groups is 1. The van der Waals surface area contributed by atoms with E-state index in [0.717, 1.165) is 5.56 Å². The van der Waals surface area contributed by atoms with Crippen molar-refractivity contribution in [2.75, 3.05) is 0 Å². The predicted octanol–water partition coefficient (Wildman–Crippen LogP) is 3.61. The van der Waals surface area contributed by atoms with E-state index in [2.05, 4.69) is 19.1 Å². The lowest BCUT2D eigenvalue weighted by Crippen LogP contribution is -2.15. The molecule has 0 bridgehead atoms. The minimum absolute atomic E-state index is 0.245. The molecule has 0 amide bonds. The first-order chi connectivity index (χ1) is 7.27. The van der Waals surface area contributed by atoms with Gasteiger partial charge in [0.15, 0.2) is 0 Å². The third-order valence-corrected chi connectivity index (χ3v) is 3.48. The summed E-state index contributed by atoms with van der Waals surface area (Å²) in [6.45, 7) is 2.08. The fourth-order valence-corrected chi connectivity index (χ4v) is 2.58. The second-order valence-corrected chi connectivity index (χ2v) is 4.76. The Labute approximate surface area is 92.1 Å². The summed E-state index contributed by atoms with van der Waals surface area (Å²) in [5.41, 5.74) is 2.34. The highest BCUT2D eigenvalue weighted by Gasteiger charge is 2.22. The molecule has 0 aliphatic heterocycles. The summed E-state index contributed by atoms with van der Waals surface area (Å²) in [5, 5.41) is 10.3. The SMILES string of the molecule is Cc1cccc(C(O)C2CCCCC2)c1. The van der Waals surface area contributed by atoms with Crippen molar-refractivity contribution in [2.45, 2.75) is 45.1 Å². The molecular formula is C14H20O. The summed E-state index contributed by atoms with van der Waals surface area (Å²) < 4.78 is 0. The van der Waals surface area contributed by atoms with E-state index in [1.165, 1.54) is 37.7 Å². The first-order valence-corrected chi connectivity index (χ1v) is 6.02. The molecular weight excluding hydrogens is 184 g/mol. The second-order valence-electron chi connectivity index (χ2n) is 4.76. The standard InChI is InChI=1S/C14H20O/c1-11-6-5-9-13(10-11)14(15)12-7-3-2-4-8-12/h5-6,9-10,12,14-15H,2-4,7-8H2,1H3. The van der Waals surface area contributed by atoms with Crippen molar-refractivity contribution in [1.82, 2.24) is 0 Å². The molecule has 1 fully saturated rings. The van der Waals surface area contributed by atoms with E-state index in [4.69, 9.17) is 0 Å². The fraction of sp³-hybridized carbons (Fsp3) is 0.571. The Kier molecular flexibility index (Phi) is 3.42. The molecule has 1 aromatic rings. The Balaban J connectivity index is 2.08. The van der Waals surface area contributed by atoms with Crippen molar-refractivity contribution in [2.24, 2.45) is 5.92 Å². The zero-order valence-corrected chi connectivity index (χ0v) is 9.45. The van der Waals surface area contributed by atoms with Gasteiger partial charge in [0.25, 0.3) is 0 Å². The van der Waals surface area contributed by atoms with Gasteiger partial charge >= 0.3 is 0 Å². The first-order valence-electron chi connectivity index (χ1n) is 6.02. The van der Waals surface area contributed by atoms with Crippen LogP contribution in [0.3, 0.4) is 0 Å². The van der Waals surface area contributed by atoms with E-state index in [9.17, 15) is 5.11 Å². The molecule has 0 saturated heterocycles. The molecule has 1 atom stereocenters. The van der Waals surface area contributed by atoms with Gasteiger partial charge in [0.05, 0.1) is 6.10 Å². The Hall–Kier alpha value is -0.820. The summed E-state index contributed by atoms with van der Waals surface area (Å²) in [7, 11) is 0. The highest BCUT2D eigenvalue weighted by Crippen LogP contribution is 2.34. The highest BCUT2D eigenvalue weighted by atomic mass is 16.3. The zero-order valence-electron chi connectivity index (χ0n) is 9.45. The van der Waals surface area contributed by atoms with Gasteiger partial charge in [-0.2, -0.15) is 0 Å². The number of hydrogen-bond acceptors (Lipinski definition) is 1. The van der Waals surface area contributed by atoms with Gasteiger partial charge in [-0.05, 0) is 31.2 Å². The van der Waals surface area contributed by atoms with Gasteiger partial charge in [0.1, 0.15) is 0 Å². The van der Waals surface area contributed by atoms with E-state index < -0.39 is 0 Å². The van der Waals surface area contributed by atoms with Gasteiger partial charge in [-0.15, -0.1) is 0 Å². The van der Waals surface area contributed by atoms with Gasteiger partial charge in [0.2, 0.25) is 0 Å². The lowest BCUT2D eigenvalue weighted by molar-refractivity contribution is 0.0848. The molecule has 1 nitrogen and oxygen atoms in total. The maximum Gasteiger partial charge on any atom is 0.0818 e. The van der Waals surface area contributed by atoms with Crippen LogP contribution in [-0.4, -0.2) is 5.11 Å². The molecule has 0 radical (unpaired) electrons. The molecule has 1 heteroatoms. The molecule has 0 heterocycles. The van der Waals surface area contributed by atoms with E-state index in [1.807, 2.05) is 12.1 Å². The quantitative estimate of drug-likeness (QED) is 0.780. The predicted molar refractivity (Wildman–Crippen MR) is 62.7 cm³/mol. The van der Waals surface area contributed by atoms with E-state index in [1.54, 1.807) is 0 Å². The summed E-state index contributed by atoms with van der Waals surface area (Å²) in [4.78, 5) is 0. The molecule has 1 N–H and O–H groups in total. The number of rotatable bonds is 2. The Bertz CT molecular complexity index is 313. The average Bonchev–Trinajstić information content (AvgIpc) is 2.29. The summed E-state index contributed by atoms with van der Waals surface area (Å²) in [5.74, 6) is 0.487. The van der Waals surface area contributed by atoms with Crippen molar-refractivity contribution < 1.29 is 5.11 Å². The lowest BCUT2D eigenvalue weighted by atomic mass is 9.82. The largest absolute Gasteiger partial charge is 0.388 e. The Morgan fingerprint density at radius 2 is 1.93 bits per heavy atom. The first kappa shape index (κ1) is 10.7. The minimum atomic E-state index is -0.245. The van der Waals surface area contributed by atoms with Crippen molar-refractivity contribution >= 4 is 0 Å². The van der Waals surface area contributed by atoms with Crippen molar-refractivity contribution in [1.29, 1.82) is 0 Å². The molecule has 1 unspecified atom stereocenters. The van der Waals surface area contributed by atoms with Crippen LogP contribution in [0.25, 0.3) is 0 Å². The number of aryl methyl sites for hydroxylation is 1. The zero-order chi connectivity index (χ0) is 10.7. The molecule has 1 aromatic carbocycles. The average molecular weight is 204 g/mol. The van der Waals surface area contributed by atoms with Gasteiger partial charge in [0, 0.05) is 0 Å². The van der Waals surface area contributed by atoms with Crippen LogP contribution in [0.1, 0.15) is 49.3 Å². The Morgan fingerprint density at radius 3 is 2.60 bits per heavy atom. The van der Waals surface area contributed by atoms with Gasteiger partial charge < -0.3 is 5.11 Å². The van der Waals surface area contributed by atoms with Crippen LogP contribution in [0.15, 0.2) is 24.3 Å². The van der Waals surface area contributed by atoms with Crippen LogP contribution >= 0.6 is 0 Å². The molecule has 1 aliphatic carbocycles. The highest BCUT2D eigenvalue weighted by molar-refractivity contribution is 5.24. The molecule has 82 valence electrons.